The Bertz CT molecular complexity index is 928. The molecule has 5 heteroatoms. The van der Waals surface area contributed by atoms with E-state index in [1.54, 1.807) is 7.11 Å². The van der Waals surface area contributed by atoms with E-state index in [-0.39, 0.29) is 5.91 Å². The first-order valence-electron chi connectivity index (χ1n) is 8.08. The summed E-state index contributed by atoms with van der Waals surface area (Å²) >= 11 is 0. The van der Waals surface area contributed by atoms with Gasteiger partial charge < -0.3 is 10.1 Å². The largest absolute Gasteiger partial charge is 0.494 e. The van der Waals surface area contributed by atoms with Crippen molar-refractivity contribution >= 4 is 11.6 Å². The second-order valence-electron chi connectivity index (χ2n) is 5.93. The first kappa shape index (κ1) is 16.8. The molecule has 1 aromatic heterocycles. The maximum Gasteiger partial charge on any atom is 0.221 e. The highest BCUT2D eigenvalue weighted by molar-refractivity contribution is 5.93. The second kappa shape index (κ2) is 6.81. The average Bonchev–Trinajstić information content (AvgIpc) is 2.96. The molecular formula is C20H21N3O2. The summed E-state index contributed by atoms with van der Waals surface area (Å²) in [6.07, 6.45) is 1.96. The van der Waals surface area contributed by atoms with E-state index in [9.17, 15) is 4.79 Å². The summed E-state index contributed by atoms with van der Waals surface area (Å²) in [6, 6.07) is 13.8. The van der Waals surface area contributed by atoms with E-state index in [0.717, 1.165) is 28.3 Å². The number of ether oxygens (including phenoxy) is 1. The smallest absolute Gasteiger partial charge is 0.221 e. The normalized spacial score (nSPS) is 10.6. The van der Waals surface area contributed by atoms with Gasteiger partial charge in [0.2, 0.25) is 5.91 Å². The Morgan fingerprint density at radius 3 is 2.56 bits per heavy atom. The van der Waals surface area contributed by atoms with Gasteiger partial charge in [0, 0.05) is 18.7 Å². The van der Waals surface area contributed by atoms with E-state index in [0.29, 0.717) is 11.4 Å². The van der Waals surface area contributed by atoms with Crippen molar-refractivity contribution in [2.75, 3.05) is 12.4 Å². The molecule has 2 aromatic carbocycles. The minimum absolute atomic E-state index is 0.153. The lowest BCUT2D eigenvalue weighted by Gasteiger charge is -2.17. The van der Waals surface area contributed by atoms with Crippen LogP contribution in [0.5, 0.6) is 5.75 Å². The van der Waals surface area contributed by atoms with Crippen LogP contribution in [0.1, 0.15) is 18.2 Å². The Morgan fingerprint density at radius 2 is 1.88 bits per heavy atom. The van der Waals surface area contributed by atoms with E-state index in [1.165, 1.54) is 6.92 Å². The first-order valence-corrected chi connectivity index (χ1v) is 8.08. The van der Waals surface area contributed by atoms with Crippen molar-refractivity contribution in [2.45, 2.75) is 20.8 Å². The maximum absolute atomic E-state index is 11.7. The third-order valence-electron chi connectivity index (χ3n) is 4.00. The first-order chi connectivity index (χ1) is 12.0. The number of imidazole rings is 1. The highest BCUT2D eigenvalue weighted by atomic mass is 16.5. The van der Waals surface area contributed by atoms with Crippen LogP contribution in [0.4, 0.5) is 5.69 Å². The fourth-order valence-electron chi connectivity index (χ4n) is 2.89. The fraction of sp³-hybridized carbons (Fsp3) is 0.200. The van der Waals surface area contributed by atoms with E-state index < -0.39 is 0 Å². The molecule has 128 valence electrons. The van der Waals surface area contributed by atoms with E-state index in [4.69, 9.17) is 9.72 Å². The number of nitrogens with zero attached hydrogens (tertiary/aromatic N) is 2. The predicted octanol–water partition coefficient (Wildman–Crippen LogP) is 4.12. The molecule has 0 atom stereocenters. The van der Waals surface area contributed by atoms with Gasteiger partial charge >= 0.3 is 0 Å². The number of rotatable bonds is 4. The number of methoxy groups -OCH3 is 1. The molecule has 0 fully saturated rings. The van der Waals surface area contributed by atoms with Crippen molar-refractivity contribution in [3.63, 3.8) is 0 Å². The number of carbonyl (C=O) groups excluding carboxylic acids is 1. The van der Waals surface area contributed by atoms with Crippen molar-refractivity contribution in [3.05, 3.63) is 59.9 Å². The lowest BCUT2D eigenvalue weighted by Crippen LogP contribution is -2.11. The summed E-state index contributed by atoms with van der Waals surface area (Å²) in [5, 5.41) is 2.88. The van der Waals surface area contributed by atoms with Crippen LogP contribution >= 0.6 is 0 Å². The topological polar surface area (TPSA) is 56.1 Å². The number of benzene rings is 2. The molecule has 0 saturated carbocycles. The van der Waals surface area contributed by atoms with Gasteiger partial charge in [-0.1, -0.05) is 30.3 Å². The lowest BCUT2D eigenvalue weighted by molar-refractivity contribution is -0.114. The number of carbonyl (C=O) groups is 1. The fourth-order valence-corrected chi connectivity index (χ4v) is 2.89. The molecule has 1 heterocycles. The molecule has 0 aliphatic heterocycles. The number of anilines is 1. The zero-order chi connectivity index (χ0) is 18.0. The molecule has 5 nitrogen and oxygen atoms in total. The van der Waals surface area contributed by atoms with Gasteiger partial charge in [-0.2, -0.15) is 0 Å². The quantitative estimate of drug-likeness (QED) is 0.780. The minimum atomic E-state index is -0.153. The Morgan fingerprint density at radius 1 is 1.12 bits per heavy atom. The van der Waals surface area contributed by atoms with Crippen LogP contribution in [0.15, 0.2) is 48.7 Å². The van der Waals surface area contributed by atoms with Crippen LogP contribution in [0.3, 0.4) is 0 Å². The molecule has 3 aromatic rings. The van der Waals surface area contributed by atoms with E-state index >= 15 is 0 Å². The number of nitrogens with one attached hydrogen (secondary N) is 1. The average molecular weight is 335 g/mol. The summed E-state index contributed by atoms with van der Waals surface area (Å²) in [5.74, 6) is 1.28. The van der Waals surface area contributed by atoms with Gasteiger partial charge in [0.25, 0.3) is 0 Å². The van der Waals surface area contributed by atoms with Gasteiger partial charge in [0.05, 0.1) is 18.5 Å². The van der Waals surface area contributed by atoms with Gasteiger partial charge in [-0.05, 0) is 31.5 Å². The van der Waals surface area contributed by atoms with Gasteiger partial charge in [-0.3, -0.25) is 9.36 Å². The van der Waals surface area contributed by atoms with E-state index in [2.05, 4.69) is 18.3 Å². The number of hydrogen-bond donors (Lipinski definition) is 1. The van der Waals surface area contributed by atoms with Crippen LogP contribution in [0.25, 0.3) is 17.1 Å². The zero-order valence-corrected chi connectivity index (χ0v) is 14.8. The van der Waals surface area contributed by atoms with Gasteiger partial charge in [0.15, 0.2) is 0 Å². The number of para-hydroxylation sites is 1. The van der Waals surface area contributed by atoms with Crippen molar-refractivity contribution < 1.29 is 9.53 Å². The molecule has 0 spiro atoms. The molecule has 3 rings (SSSR count). The Hall–Kier alpha value is -3.08. The lowest BCUT2D eigenvalue weighted by atomic mass is 10.1. The van der Waals surface area contributed by atoms with Crippen LogP contribution < -0.4 is 10.1 Å². The van der Waals surface area contributed by atoms with Gasteiger partial charge in [-0.15, -0.1) is 0 Å². The summed E-state index contributed by atoms with van der Waals surface area (Å²) in [6.45, 7) is 5.50. The zero-order valence-electron chi connectivity index (χ0n) is 14.8. The molecular weight excluding hydrogens is 314 g/mol. The standard InChI is InChI=1S/C20H21N3O2/c1-13-8-5-6-9-16(13)20-21-14(2)12-23(20)17-10-7-11-18(25-4)19(17)22-15(3)24/h5-12H,1-4H3,(H,22,24). The Balaban J connectivity index is 2.25. The van der Waals surface area contributed by atoms with Crippen LogP contribution in [0.2, 0.25) is 0 Å². The third kappa shape index (κ3) is 3.26. The van der Waals surface area contributed by atoms with Gasteiger partial charge in [-0.25, -0.2) is 4.98 Å². The molecule has 0 radical (unpaired) electrons. The van der Waals surface area contributed by atoms with Gasteiger partial charge in [0.1, 0.15) is 17.3 Å². The van der Waals surface area contributed by atoms with Crippen molar-refractivity contribution in [3.8, 4) is 22.8 Å². The maximum atomic E-state index is 11.7. The van der Waals surface area contributed by atoms with Crippen LogP contribution in [-0.2, 0) is 4.79 Å². The summed E-state index contributed by atoms with van der Waals surface area (Å²) in [5.41, 5.74) is 4.53. The molecule has 0 aliphatic carbocycles. The third-order valence-corrected chi connectivity index (χ3v) is 4.00. The number of amides is 1. The molecule has 0 saturated heterocycles. The van der Waals surface area contributed by atoms with Crippen LogP contribution in [0, 0.1) is 13.8 Å². The SMILES string of the molecule is COc1cccc(-n2cc(C)nc2-c2ccccc2C)c1NC(C)=O. The molecule has 25 heavy (non-hydrogen) atoms. The summed E-state index contributed by atoms with van der Waals surface area (Å²) in [4.78, 5) is 16.4. The van der Waals surface area contributed by atoms with Crippen molar-refractivity contribution in [2.24, 2.45) is 0 Å². The van der Waals surface area contributed by atoms with Crippen molar-refractivity contribution in [1.29, 1.82) is 0 Å². The molecule has 1 N–H and O–H groups in total. The summed E-state index contributed by atoms with van der Waals surface area (Å²) < 4.78 is 7.43. The number of aromatic nitrogens is 2. The Kier molecular flexibility index (Phi) is 4.57. The van der Waals surface area contributed by atoms with Crippen LogP contribution in [-0.4, -0.2) is 22.6 Å². The highest BCUT2D eigenvalue weighted by Gasteiger charge is 2.17. The highest BCUT2D eigenvalue weighted by Crippen LogP contribution is 2.34. The second-order valence-corrected chi connectivity index (χ2v) is 5.93. The number of aryl methyl sites for hydroxylation is 2. The minimum Gasteiger partial charge on any atom is -0.494 e. The molecule has 0 bridgehead atoms. The van der Waals surface area contributed by atoms with Crippen molar-refractivity contribution in [1.82, 2.24) is 9.55 Å². The molecule has 1 amide bonds. The monoisotopic (exact) mass is 335 g/mol. The van der Waals surface area contributed by atoms with E-state index in [1.807, 2.05) is 54.1 Å². The summed E-state index contributed by atoms with van der Waals surface area (Å²) in [7, 11) is 1.59. The molecule has 0 unspecified atom stereocenters. The predicted molar refractivity (Wildman–Crippen MR) is 99.3 cm³/mol. The molecule has 0 aliphatic rings. The number of hydrogen-bond acceptors (Lipinski definition) is 3. The Labute approximate surface area is 147 Å².